The molecule has 2 N–H and O–H groups in total. The van der Waals surface area contributed by atoms with Gasteiger partial charge in [0.2, 0.25) is 17.7 Å². The van der Waals surface area contributed by atoms with Gasteiger partial charge in [-0.15, -0.1) is 0 Å². The summed E-state index contributed by atoms with van der Waals surface area (Å²) in [6, 6.07) is 12.7. The summed E-state index contributed by atoms with van der Waals surface area (Å²) in [6.45, 7) is 7.56. The zero-order valence-corrected chi connectivity index (χ0v) is 19.2. The van der Waals surface area contributed by atoms with Gasteiger partial charge >= 0.3 is 0 Å². The summed E-state index contributed by atoms with van der Waals surface area (Å²) in [7, 11) is 3.30. The number of hydrogen-bond donors (Lipinski definition) is 2. The number of amides is 3. The van der Waals surface area contributed by atoms with E-state index in [9.17, 15) is 14.4 Å². The molecule has 0 aromatic heterocycles. The van der Waals surface area contributed by atoms with E-state index in [2.05, 4.69) is 10.6 Å². The van der Waals surface area contributed by atoms with E-state index in [1.807, 2.05) is 63.2 Å². The van der Waals surface area contributed by atoms with Gasteiger partial charge in [0.1, 0.15) is 0 Å². The lowest BCUT2D eigenvalue weighted by Crippen LogP contribution is -2.48. The number of likely N-dealkylation sites (N-methyl/N-ethyl adjacent to an activating group) is 2. The van der Waals surface area contributed by atoms with Crippen molar-refractivity contribution in [1.82, 2.24) is 9.80 Å². The van der Waals surface area contributed by atoms with Crippen LogP contribution in [-0.4, -0.2) is 60.7 Å². The first-order valence-electron chi connectivity index (χ1n) is 10.3. The van der Waals surface area contributed by atoms with Crippen LogP contribution in [0, 0.1) is 20.8 Å². The zero-order chi connectivity index (χ0) is 23.1. The summed E-state index contributed by atoms with van der Waals surface area (Å²) in [5, 5.41) is 5.71. The van der Waals surface area contributed by atoms with Crippen LogP contribution in [0.2, 0.25) is 0 Å². The number of benzene rings is 2. The maximum atomic E-state index is 12.7. The van der Waals surface area contributed by atoms with Crippen LogP contribution in [0.5, 0.6) is 0 Å². The summed E-state index contributed by atoms with van der Waals surface area (Å²) in [6.07, 6.45) is 0. The second-order valence-electron chi connectivity index (χ2n) is 8.01. The highest BCUT2D eigenvalue weighted by Crippen LogP contribution is 2.19. The Bertz CT molecular complexity index is 920. The second-order valence-corrected chi connectivity index (χ2v) is 8.01. The lowest BCUT2D eigenvalue weighted by molar-refractivity contribution is -0.137. The molecule has 1 atom stereocenters. The largest absolute Gasteiger partial charge is 0.335 e. The molecule has 0 spiro atoms. The molecule has 3 amide bonds. The van der Waals surface area contributed by atoms with Crippen molar-refractivity contribution in [2.45, 2.75) is 33.7 Å². The Kier molecular flexibility index (Phi) is 8.33. The van der Waals surface area contributed by atoms with E-state index in [1.165, 1.54) is 4.90 Å². The molecule has 2 rings (SSSR count). The van der Waals surface area contributed by atoms with Crippen molar-refractivity contribution >= 4 is 29.1 Å². The Labute approximate surface area is 184 Å². The summed E-state index contributed by atoms with van der Waals surface area (Å²) >= 11 is 0. The highest BCUT2D eigenvalue weighted by molar-refractivity contribution is 5.96. The number of anilines is 2. The number of carbonyl (C=O) groups is 3. The predicted molar refractivity (Wildman–Crippen MR) is 124 cm³/mol. The molecule has 0 radical (unpaired) electrons. The van der Waals surface area contributed by atoms with Crippen LogP contribution in [-0.2, 0) is 14.4 Å². The van der Waals surface area contributed by atoms with Crippen molar-refractivity contribution in [2.75, 3.05) is 37.8 Å². The molecule has 0 fully saturated rings. The summed E-state index contributed by atoms with van der Waals surface area (Å²) < 4.78 is 0. The quantitative estimate of drug-likeness (QED) is 0.683. The SMILES string of the molecule is Cc1ccc(NC(=O)CN(C)C(=O)C(C)N(C)CC(=O)Nc2c(C)cccc2C)cc1. The van der Waals surface area contributed by atoms with Crippen molar-refractivity contribution in [3.05, 3.63) is 59.2 Å². The molecule has 31 heavy (non-hydrogen) atoms. The fourth-order valence-corrected chi connectivity index (χ4v) is 3.19. The first kappa shape index (κ1) is 24.1. The first-order chi connectivity index (χ1) is 14.6. The highest BCUT2D eigenvalue weighted by atomic mass is 16.2. The number of carbonyl (C=O) groups excluding carboxylic acids is 3. The van der Waals surface area contributed by atoms with Gasteiger partial charge in [0.25, 0.3) is 0 Å². The van der Waals surface area contributed by atoms with E-state index in [0.29, 0.717) is 5.69 Å². The molecule has 2 aromatic rings. The molecule has 1 unspecified atom stereocenters. The minimum absolute atomic E-state index is 0.0596. The van der Waals surface area contributed by atoms with Crippen molar-refractivity contribution in [2.24, 2.45) is 0 Å². The standard InChI is InChI=1S/C24H32N4O3/c1-16-10-12-20(13-11-16)25-21(29)15-28(6)24(31)19(4)27(5)14-22(30)26-23-17(2)8-7-9-18(23)3/h7-13,19H,14-15H2,1-6H3,(H,25,29)(H,26,30). The lowest BCUT2D eigenvalue weighted by Gasteiger charge is -2.27. The molecule has 0 heterocycles. The molecule has 2 aromatic carbocycles. The molecule has 7 heteroatoms. The molecule has 166 valence electrons. The van der Waals surface area contributed by atoms with Crippen molar-refractivity contribution in [1.29, 1.82) is 0 Å². The lowest BCUT2D eigenvalue weighted by atomic mass is 10.1. The molecule has 0 aliphatic carbocycles. The predicted octanol–water partition coefficient (Wildman–Crippen LogP) is 2.97. The maximum Gasteiger partial charge on any atom is 0.243 e. The van der Waals surface area contributed by atoms with Crippen molar-refractivity contribution < 1.29 is 14.4 Å². The van der Waals surface area contributed by atoms with Crippen LogP contribution in [0.3, 0.4) is 0 Å². The molecule has 0 aliphatic heterocycles. The third kappa shape index (κ3) is 6.93. The zero-order valence-electron chi connectivity index (χ0n) is 19.2. The van der Waals surface area contributed by atoms with Gasteiger partial charge in [-0.1, -0.05) is 35.9 Å². The highest BCUT2D eigenvalue weighted by Gasteiger charge is 2.24. The topological polar surface area (TPSA) is 81.8 Å². The average Bonchev–Trinajstić information content (AvgIpc) is 2.71. The summed E-state index contributed by atoms with van der Waals surface area (Å²) in [4.78, 5) is 40.5. The molecule has 0 bridgehead atoms. The van der Waals surface area contributed by atoms with E-state index in [4.69, 9.17) is 0 Å². The second kappa shape index (κ2) is 10.7. The van der Waals surface area contributed by atoms with E-state index in [-0.39, 0.29) is 30.8 Å². The normalized spacial score (nSPS) is 11.7. The van der Waals surface area contributed by atoms with Crippen molar-refractivity contribution in [3.63, 3.8) is 0 Å². The minimum Gasteiger partial charge on any atom is -0.335 e. The van der Waals surface area contributed by atoms with E-state index in [1.54, 1.807) is 25.9 Å². The molecule has 0 aliphatic rings. The van der Waals surface area contributed by atoms with Gasteiger partial charge in [-0.05, 0) is 58.0 Å². The van der Waals surface area contributed by atoms with Crippen LogP contribution >= 0.6 is 0 Å². The fraction of sp³-hybridized carbons (Fsp3) is 0.375. The van der Waals surface area contributed by atoms with Crippen molar-refractivity contribution in [3.8, 4) is 0 Å². The first-order valence-corrected chi connectivity index (χ1v) is 10.3. The minimum atomic E-state index is -0.555. The molecule has 0 saturated heterocycles. The Morgan fingerprint density at radius 3 is 1.97 bits per heavy atom. The van der Waals surface area contributed by atoms with Gasteiger partial charge < -0.3 is 15.5 Å². The monoisotopic (exact) mass is 424 g/mol. The van der Waals surface area contributed by atoms with E-state index in [0.717, 1.165) is 22.4 Å². The number of nitrogens with zero attached hydrogens (tertiary/aromatic N) is 2. The average molecular weight is 425 g/mol. The maximum absolute atomic E-state index is 12.7. The molecular formula is C24H32N4O3. The number of para-hydroxylation sites is 1. The number of rotatable bonds is 8. The Hall–Kier alpha value is -3.19. The summed E-state index contributed by atoms with van der Waals surface area (Å²) in [5.74, 6) is -0.705. The van der Waals surface area contributed by atoms with Crippen LogP contribution in [0.25, 0.3) is 0 Å². The molecule has 7 nitrogen and oxygen atoms in total. The fourth-order valence-electron chi connectivity index (χ4n) is 3.19. The third-order valence-corrected chi connectivity index (χ3v) is 5.25. The smallest absolute Gasteiger partial charge is 0.243 e. The molecular weight excluding hydrogens is 392 g/mol. The van der Waals surface area contributed by atoms with Gasteiger partial charge in [0.05, 0.1) is 19.1 Å². The van der Waals surface area contributed by atoms with Gasteiger partial charge in [-0.2, -0.15) is 0 Å². The summed E-state index contributed by atoms with van der Waals surface area (Å²) in [5.41, 5.74) is 4.55. The Morgan fingerprint density at radius 2 is 1.39 bits per heavy atom. The number of aryl methyl sites for hydroxylation is 3. The van der Waals surface area contributed by atoms with Gasteiger partial charge in [0, 0.05) is 18.4 Å². The Balaban J connectivity index is 1.88. The van der Waals surface area contributed by atoms with Gasteiger partial charge in [0.15, 0.2) is 0 Å². The number of nitrogens with one attached hydrogen (secondary N) is 2. The van der Waals surface area contributed by atoms with Crippen LogP contribution < -0.4 is 10.6 Å². The van der Waals surface area contributed by atoms with Crippen LogP contribution in [0.4, 0.5) is 11.4 Å². The van der Waals surface area contributed by atoms with Gasteiger partial charge in [-0.25, -0.2) is 0 Å². The van der Waals surface area contributed by atoms with Gasteiger partial charge in [-0.3, -0.25) is 19.3 Å². The van der Waals surface area contributed by atoms with Crippen LogP contribution in [0.15, 0.2) is 42.5 Å². The third-order valence-electron chi connectivity index (χ3n) is 5.25. The van der Waals surface area contributed by atoms with E-state index >= 15 is 0 Å². The van der Waals surface area contributed by atoms with E-state index < -0.39 is 6.04 Å². The molecule has 0 saturated carbocycles. The number of hydrogen-bond acceptors (Lipinski definition) is 4. The Morgan fingerprint density at radius 1 is 0.839 bits per heavy atom. The van der Waals surface area contributed by atoms with Crippen LogP contribution in [0.1, 0.15) is 23.6 Å².